The van der Waals surface area contributed by atoms with Crippen LogP contribution in [0.3, 0.4) is 0 Å². The topological polar surface area (TPSA) is 75.4 Å². The van der Waals surface area contributed by atoms with Crippen molar-refractivity contribution >= 4 is 17.4 Å². The van der Waals surface area contributed by atoms with Crippen LogP contribution in [0.15, 0.2) is 22.7 Å². The summed E-state index contributed by atoms with van der Waals surface area (Å²) in [6.45, 7) is 1.80. The lowest BCUT2D eigenvalue weighted by molar-refractivity contribution is -0.110. The van der Waals surface area contributed by atoms with Crippen LogP contribution in [0.4, 0.5) is 0 Å². The Kier molecular flexibility index (Phi) is 2.29. The average Bonchev–Trinajstić information content (AvgIpc) is 2.60. The second kappa shape index (κ2) is 3.61. The van der Waals surface area contributed by atoms with Crippen LogP contribution in [0.25, 0.3) is 11.0 Å². The highest BCUT2D eigenvalue weighted by Crippen LogP contribution is 2.26. The molecule has 0 fully saturated rings. The predicted molar refractivity (Wildman–Crippen MR) is 53.3 cm³/mol. The number of phenols is 1. The number of carbonyl (C=O) groups is 1. The first-order chi connectivity index (χ1) is 7.22. The quantitative estimate of drug-likeness (QED) is 0.743. The van der Waals surface area contributed by atoms with Crippen molar-refractivity contribution in [2.24, 2.45) is 0 Å². The maximum absolute atomic E-state index is 10.3. The number of nitrogens with one attached hydrogen (secondary N) is 1. The molecule has 2 rings (SSSR count). The fourth-order valence-corrected chi connectivity index (χ4v) is 1.44. The molecule has 1 unspecified atom stereocenters. The minimum absolute atomic E-state index is 0.126. The van der Waals surface area contributed by atoms with Crippen LogP contribution in [-0.4, -0.2) is 16.7 Å². The second-order valence-corrected chi connectivity index (χ2v) is 3.25. The van der Waals surface area contributed by atoms with Crippen molar-refractivity contribution in [3.63, 3.8) is 0 Å². The van der Waals surface area contributed by atoms with Gasteiger partial charge in [-0.15, -0.1) is 0 Å². The normalized spacial score (nSPS) is 12.6. The largest absolute Gasteiger partial charge is 0.508 e. The van der Waals surface area contributed by atoms with Crippen molar-refractivity contribution in [2.75, 3.05) is 0 Å². The first-order valence-electron chi connectivity index (χ1n) is 4.50. The van der Waals surface area contributed by atoms with Crippen LogP contribution < -0.4 is 5.32 Å². The molecule has 0 aliphatic heterocycles. The van der Waals surface area contributed by atoms with Gasteiger partial charge in [0.05, 0.1) is 6.04 Å². The van der Waals surface area contributed by atoms with Crippen molar-refractivity contribution in [3.8, 4) is 5.75 Å². The van der Waals surface area contributed by atoms with E-state index in [1.165, 1.54) is 6.07 Å². The minimum Gasteiger partial charge on any atom is -0.508 e. The number of aromatic hydroxyl groups is 1. The summed E-state index contributed by atoms with van der Waals surface area (Å²) >= 11 is 0. The molecule has 0 bridgehead atoms. The Hall–Kier alpha value is -2.04. The van der Waals surface area contributed by atoms with Gasteiger partial charge in [-0.2, -0.15) is 0 Å². The van der Waals surface area contributed by atoms with Crippen LogP contribution in [0.1, 0.15) is 18.7 Å². The summed E-state index contributed by atoms with van der Waals surface area (Å²) in [5.74, 6) is 0.126. The zero-order valence-electron chi connectivity index (χ0n) is 8.10. The fraction of sp³-hybridized carbons (Fsp3) is 0.200. The van der Waals surface area contributed by atoms with Gasteiger partial charge >= 0.3 is 0 Å². The van der Waals surface area contributed by atoms with Gasteiger partial charge in [-0.1, -0.05) is 5.16 Å². The van der Waals surface area contributed by atoms with Crippen molar-refractivity contribution < 1.29 is 14.4 Å². The first kappa shape index (κ1) is 9.51. The third-order valence-corrected chi connectivity index (χ3v) is 2.21. The van der Waals surface area contributed by atoms with Gasteiger partial charge in [-0.25, -0.2) is 0 Å². The molecule has 1 atom stereocenters. The first-order valence-corrected chi connectivity index (χ1v) is 4.50. The zero-order chi connectivity index (χ0) is 10.8. The number of phenolic OH excluding ortho intramolecular Hbond substituents is 1. The fourth-order valence-electron chi connectivity index (χ4n) is 1.44. The van der Waals surface area contributed by atoms with Gasteiger partial charge in [-0.05, 0) is 19.1 Å². The molecule has 0 radical (unpaired) electrons. The van der Waals surface area contributed by atoms with Crippen LogP contribution in [-0.2, 0) is 4.79 Å². The zero-order valence-corrected chi connectivity index (χ0v) is 8.10. The molecule has 15 heavy (non-hydrogen) atoms. The minimum atomic E-state index is -0.215. The molecule has 0 saturated heterocycles. The third kappa shape index (κ3) is 1.63. The van der Waals surface area contributed by atoms with E-state index < -0.39 is 0 Å². The van der Waals surface area contributed by atoms with E-state index in [9.17, 15) is 9.90 Å². The third-order valence-electron chi connectivity index (χ3n) is 2.21. The number of carbonyl (C=O) groups excluding carboxylic acids is 1. The Morgan fingerprint density at radius 3 is 3.13 bits per heavy atom. The van der Waals surface area contributed by atoms with Crippen molar-refractivity contribution in [1.82, 2.24) is 10.5 Å². The molecule has 1 aromatic heterocycles. The predicted octanol–water partition coefficient (Wildman–Crippen LogP) is 1.34. The standard InChI is InChI=1S/C10H10N2O3/c1-6(11-5-13)10-8-3-2-7(14)4-9(8)15-12-10/h2-6,14H,1H3,(H,11,13). The SMILES string of the molecule is CC(NC=O)c1noc2cc(O)ccc12. The molecule has 0 aliphatic carbocycles. The van der Waals surface area contributed by atoms with Gasteiger partial charge in [-0.3, -0.25) is 4.79 Å². The highest BCUT2D eigenvalue weighted by Gasteiger charge is 2.14. The van der Waals surface area contributed by atoms with Crippen molar-refractivity contribution in [1.29, 1.82) is 0 Å². The second-order valence-electron chi connectivity index (χ2n) is 3.25. The molecule has 0 saturated carbocycles. The number of nitrogens with zero attached hydrogens (tertiary/aromatic N) is 1. The van der Waals surface area contributed by atoms with E-state index in [0.717, 1.165) is 5.39 Å². The molecule has 5 heteroatoms. The van der Waals surface area contributed by atoms with Crippen molar-refractivity contribution in [2.45, 2.75) is 13.0 Å². The lowest BCUT2D eigenvalue weighted by atomic mass is 10.1. The molecule has 1 aromatic carbocycles. The van der Waals surface area contributed by atoms with Gasteiger partial charge < -0.3 is 14.9 Å². The molecule has 0 aliphatic rings. The number of hydrogen-bond acceptors (Lipinski definition) is 4. The molecule has 5 nitrogen and oxygen atoms in total. The molecular formula is C10H10N2O3. The summed E-state index contributed by atoms with van der Waals surface area (Å²) in [6.07, 6.45) is 0.617. The molecule has 2 aromatic rings. The molecule has 0 spiro atoms. The van der Waals surface area contributed by atoms with Gasteiger partial charge in [0.1, 0.15) is 11.4 Å². The Morgan fingerprint density at radius 1 is 1.60 bits per heavy atom. The van der Waals surface area contributed by atoms with E-state index >= 15 is 0 Å². The Balaban J connectivity index is 2.49. The van der Waals surface area contributed by atoms with E-state index in [-0.39, 0.29) is 11.8 Å². The van der Waals surface area contributed by atoms with E-state index in [1.54, 1.807) is 19.1 Å². The molecule has 2 N–H and O–H groups in total. The number of benzene rings is 1. The molecular weight excluding hydrogens is 196 g/mol. The van der Waals surface area contributed by atoms with Gasteiger partial charge in [0.2, 0.25) is 6.41 Å². The number of rotatable bonds is 3. The highest BCUT2D eigenvalue weighted by molar-refractivity contribution is 5.81. The van der Waals surface area contributed by atoms with Crippen LogP contribution in [0.2, 0.25) is 0 Å². The number of amides is 1. The number of aromatic nitrogens is 1. The summed E-state index contributed by atoms with van der Waals surface area (Å²) in [4.78, 5) is 10.3. The summed E-state index contributed by atoms with van der Waals surface area (Å²) in [6, 6.07) is 4.53. The Bertz CT molecular complexity index is 492. The van der Waals surface area contributed by atoms with Crippen molar-refractivity contribution in [3.05, 3.63) is 23.9 Å². The molecule has 78 valence electrons. The average molecular weight is 206 g/mol. The van der Waals surface area contributed by atoms with E-state index in [2.05, 4.69) is 10.5 Å². The van der Waals surface area contributed by atoms with Gasteiger partial charge in [0, 0.05) is 11.5 Å². The maximum atomic E-state index is 10.3. The number of fused-ring (bicyclic) bond motifs is 1. The highest BCUT2D eigenvalue weighted by atomic mass is 16.5. The van der Waals surface area contributed by atoms with E-state index in [0.29, 0.717) is 17.7 Å². The molecule has 1 amide bonds. The smallest absolute Gasteiger partial charge is 0.207 e. The van der Waals surface area contributed by atoms with Gasteiger partial charge in [0.25, 0.3) is 0 Å². The number of hydrogen-bond donors (Lipinski definition) is 2. The lowest BCUT2D eigenvalue weighted by Gasteiger charge is -2.05. The van der Waals surface area contributed by atoms with Crippen LogP contribution in [0, 0.1) is 0 Å². The lowest BCUT2D eigenvalue weighted by Crippen LogP contribution is -2.16. The van der Waals surface area contributed by atoms with Crippen LogP contribution >= 0.6 is 0 Å². The summed E-state index contributed by atoms with van der Waals surface area (Å²) in [5.41, 5.74) is 1.15. The van der Waals surface area contributed by atoms with E-state index in [1.807, 2.05) is 0 Å². The Labute approximate surface area is 85.7 Å². The summed E-state index contributed by atoms with van der Waals surface area (Å²) in [7, 11) is 0. The maximum Gasteiger partial charge on any atom is 0.207 e. The Morgan fingerprint density at radius 2 is 2.40 bits per heavy atom. The monoisotopic (exact) mass is 206 g/mol. The van der Waals surface area contributed by atoms with Crippen LogP contribution in [0.5, 0.6) is 5.75 Å². The summed E-state index contributed by atoms with van der Waals surface area (Å²) < 4.78 is 5.03. The molecule has 1 heterocycles. The van der Waals surface area contributed by atoms with Gasteiger partial charge in [0.15, 0.2) is 5.58 Å². The summed E-state index contributed by atoms with van der Waals surface area (Å²) in [5, 5.41) is 16.4. The van der Waals surface area contributed by atoms with E-state index in [4.69, 9.17) is 4.52 Å².